The maximum absolute atomic E-state index is 5.88. The molecule has 2 nitrogen and oxygen atoms in total. The van der Waals surface area contributed by atoms with Crippen molar-refractivity contribution in [1.82, 2.24) is 4.90 Å². The minimum absolute atomic E-state index is 0.727. The number of nitrogens with zero attached hydrogens (tertiary/aromatic N) is 1. The second-order valence-electron chi connectivity index (χ2n) is 6.25. The number of hydrogen-bond acceptors (Lipinski definition) is 2. The van der Waals surface area contributed by atoms with Gasteiger partial charge in [0, 0.05) is 6.04 Å². The van der Waals surface area contributed by atoms with E-state index in [2.05, 4.69) is 25.7 Å². The monoisotopic (exact) mass is 240 g/mol. The highest BCUT2D eigenvalue weighted by atomic mass is 15.1. The quantitative estimate of drug-likeness (QED) is 0.772. The first kappa shape index (κ1) is 15.0. The molecule has 2 unspecified atom stereocenters. The van der Waals surface area contributed by atoms with E-state index in [0.29, 0.717) is 0 Å². The molecule has 2 atom stereocenters. The van der Waals surface area contributed by atoms with E-state index in [-0.39, 0.29) is 0 Å². The predicted molar refractivity (Wildman–Crippen MR) is 76.1 cm³/mol. The molecule has 0 bridgehead atoms. The lowest BCUT2D eigenvalue weighted by molar-refractivity contribution is 0.194. The van der Waals surface area contributed by atoms with E-state index in [9.17, 15) is 0 Å². The lowest BCUT2D eigenvalue weighted by Gasteiger charge is -2.29. The molecule has 1 rings (SSSR count). The highest BCUT2D eigenvalue weighted by Gasteiger charge is 2.18. The first-order chi connectivity index (χ1) is 8.13. The summed E-state index contributed by atoms with van der Waals surface area (Å²) in [5.41, 5.74) is 5.88. The molecule has 102 valence electrons. The van der Waals surface area contributed by atoms with Crippen molar-refractivity contribution in [2.24, 2.45) is 17.6 Å². The molecule has 0 saturated carbocycles. The van der Waals surface area contributed by atoms with Crippen LogP contribution < -0.4 is 5.73 Å². The molecule has 1 fully saturated rings. The van der Waals surface area contributed by atoms with Crippen LogP contribution in [0.3, 0.4) is 0 Å². The molecule has 0 aromatic heterocycles. The number of likely N-dealkylation sites (tertiary alicyclic amines) is 1. The molecular formula is C15H32N2. The zero-order valence-corrected chi connectivity index (χ0v) is 12.1. The van der Waals surface area contributed by atoms with E-state index in [0.717, 1.165) is 24.4 Å². The van der Waals surface area contributed by atoms with Crippen LogP contribution in [-0.2, 0) is 0 Å². The SMILES string of the molecule is CC(C)CC(CN)CCN1CCCCCC1C. The summed E-state index contributed by atoms with van der Waals surface area (Å²) < 4.78 is 0. The van der Waals surface area contributed by atoms with E-state index in [1.807, 2.05) is 0 Å². The van der Waals surface area contributed by atoms with E-state index in [1.165, 1.54) is 51.6 Å². The third-order valence-corrected chi connectivity index (χ3v) is 4.15. The smallest absolute Gasteiger partial charge is 0.00669 e. The van der Waals surface area contributed by atoms with Gasteiger partial charge in [0.1, 0.15) is 0 Å². The summed E-state index contributed by atoms with van der Waals surface area (Å²) in [5.74, 6) is 1.51. The molecule has 2 N–H and O–H groups in total. The highest BCUT2D eigenvalue weighted by molar-refractivity contribution is 4.73. The summed E-state index contributed by atoms with van der Waals surface area (Å²) in [6.45, 7) is 10.4. The maximum Gasteiger partial charge on any atom is 0.00669 e. The van der Waals surface area contributed by atoms with E-state index in [1.54, 1.807) is 0 Å². The second-order valence-corrected chi connectivity index (χ2v) is 6.25. The van der Waals surface area contributed by atoms with Crippen LogP contribution in [0.5, 0.6) is 0 Å². The van der Waals surface area contributed by atoms with Crippen LogP contribution >= 0.6 is 0 Å². The Balaban J connectivity index is 2.30. The van der Waals surface area contributed by atoms with Gasteiger partial charge in [-0.2, -0.15) is 0 Å². The van der Waals surface area contributed by atoms with E-state index < -0.39 is 0 Å². The van der Waals surface area contributed by atoms with Crippen molar-refractivity contribution in [2.75, 3.05) is 19.6 Å². The van der Waals surface area contributed by atoms with Crippen LogP contribution in [-0.4, -0.2) is 30.6 Å². The normalized spacial score (nSPS) is 24.9. The molecule has 0 aromatic carbocycles. The Morgan fingerprint density at radius 2 is 2.00 bits per heavy atom. The van der Waals surface area contributed by atoms with Gasteiger partial charge in [0.25, 0.3) is 0 Å². The Hall–Kier alpha value is -0.0800. The van der Waals surface area contributed by atoms with Gasteiger partial charge in [-0.1, -0.05) is 26.7 Å². The minimum atomic E-state index is 0.727. The van der Waals surface area contributed by atoms with Gasteiger partial charge in [0.15, 0.2) is 0 Å². The van der Waals surface area contributed by atoms with Crippen LogP contribution in [0.4, 0.5) is 0 Å². The molecule has 1 heterocycles. The fourth-order valence-electron chi connectivity index (χ4n) is 3.01. The fourth-order valence-corrected chi connectivity index (χ4v) is 3.01. The first-order valence-electron chi connectivity index (χ1n) is 7.57. The largest absolute Gasteiger partial charge is 0.330 e. The second kappa shape index (κ2) is 8.10. The van der Waals surface area contributed by atoms with Crippen LogP contribution in [0.1, 0.15) is 59.3 Å². The van der Waals surface area contributed by atoms with Gasteiger partial charge in [-0.3, -0.25) is 0 Å². The van der Waals surface area contributed by atoms with Gasteiger partial charge >= 0.3 is 0 Å². The molecule has 17 heavy (non-hydrogen) atoms. The van der Waals surface area contributed by atoms with Crippen molar-refractivity contribution in [3.63, 3.8) is 0 Å². The van der Waals surface area contributed by atoms with Gasteiger partial charge in [-0.05, 0) is 64.1 Å². The summed E-state index contributed by atoms with van der Waals surface area (Å²) in [7, 11) is 0. The molecule has 0 amide bonds. The summed E-state index contributed by atoms with van der Waals surface area (Å²) in [6, 6.07) is 0.787. The summed E-state index contributed by atoms with van der Waals surface area (Å²) in [4.78, 5) is 2.69. The lowest BCUT2D eigenvalue weighted by Crippen LogP contribution is -2.35. The average Bonchev–Trinajstić information content (AvgIpc) is 2.49. The van der Waals surface area contributed by atoms with E-state index in [4.69, 9.17) is 5.73 Å². The molecule has 0 aliphatic carbocycles. The Kier molecular flexibility index (Phi) is 7.14. The molecule has 0 radical (unpaired) electrons. The third-order valence-electron chi connectivity index (χ3n) is 4.15. The van der Waals surface area contributed by atoms with Gasteiger partial charge in [0.2, 0.25) is 0 Å². The van der Waals surface area contributed by atoms with Crippen molar-refractivity contribution in [3.05, 3.63) is 0 Å². The lowest BCUT2D eigenvalue weighted by atomic mass is 9.94. The van der Waals surface area contributed by atoms with Crippen LogP contribution in [0, 0.1) is 11.8 Å². The van der Waals surface area contributed by atoms with Crippen molar-refractivity contribution in [2.45, 2.75) is 65.3 Å². The van der Waals surface area contributed by atoms with Crippen molar-refractivity contribution < 1.29 is 0 Å². The maximum atomic E-state index is 5.88. The third kappa shape index (κ3) is 5.87. The minimum Gasteiger partial charge on any atom is -0.330 e. The van der Waals surface area contributed by atoms with Crippen LogP contribution in [0.25, 0.3) is 0 Å². The van der Waals surface area contributed by atoms with Gasteiger partial charge in [-0.15, -0.1) is 0 Å². The van der Waals surface area contributed by atoms with Gasteiger partial charge in [-0.25, -0.2) is 0 Å². The van der Waals surface area contributed by atoms with Gasteiger partial charge < -0.3 is 10.6 Å². The van der Waals surface area contributed by atoms with Gasteiger partial charge in [0.05, 0.1) is 0 Å². The molecule has 1 aliphatic rings. The standard InChI is InChI=1S/C15H32N2/c1-13(2)11-15(12-16)8-10-17-9-6-4-5-7-14(17)3/h13-15H,4-12,16H2,1-3H3. The Morgan fingerprint density at radius 1 is 1.24 bits per heavy atom. The van der Waals surface area contributed by atoms with Crippen molar-refractivity contribution in [3.8, 4) is 0 Å². The number of nitrogens with two attached hydrogens (primary N) is 1. The summed E-state index contributed by atoms with van der Waals surface area (Å²) in [6.07, 6.45) is 8.20. The molecule has 0 aromatic rings. The average molecular weight is 240 g/mol. The molecule has 1 aliphatic heterocycles. The summed E-state index contributed by atoms with van der Waals surface area (Å²) >= 11 is 0. The zero-order valence-electron chi connectivity index (χ0n) is 12.1. The van der Waals surface area contributed by atoms with Crippen LogP contribution in [0.2, 0.25) is 0 Å². The number of hydrogen-bond donors (Lipinski definition) is 1. The van der Waals surface area contributed by atoms with Crippen molar-refractivity contribution >= 4 is 0 Å². The Labute approximate surface area is 108 Å². The van der Waals surface area contributed by atoms with Crippen molar-refractivity contribution in [1.29, 1.82) is 0 Å². The molecular weight excluding hydrogens is 208 g/mol. The molecule has 1 saturated heterocycles. The highest BCUT2D eigenvalue weighted by Crippen LogP contribution is 2.19. The predicted octanol–water partition coefficient (Wildman–Crippen LogP) is 3.26. The first-order valence-corrected chi connectivity index (χ1v) is 7.57. The Bertz CT molecular complexity index is 191. The fraction of sp³-hybridized carbons (Fsp3) is 1.00. The zero-order chi connectivity index (χ0) is 12.7. The topological polar surface area (TPSA) is 29.3 Å². The van der Waals surface area contributed by atoms with Crippen LogP contribution in [0.15, 0.2) is 0 Å². The molecule has 2 heteroatoms. The molecule has 0 spiro atoms. The van der Waals surface area contributed by atoms with E-state index >= 15 is 0 Å². The Morgan fingerprint density at radius 3 is 2.65 bits per heavy atom. The summed E-state index contributed by atoms with van der Waals surface area (Å²) in [5, 5.41) is 0. The number of rotatable bonds is 6.